The lowest BCUT2D eigenvalue weighted by Gasteiger charge is -2.41. The number of thiophene rings is 1. The number of hydrogen-bond donors (Lipinski definition) is 1. The Morgan fingerprint density at radius 3 is 2.48 bits per heavy atom. The Morgan fingerprint density at radius 2 is 1.87 bits per heavy atom. The summed E-state index contributed by atoms with van der Waals surface area (Å²) in [5, 5.41) is 2.62. The smallest absolute Gasteiger partial charge is 0.410 e. The van der Waals surface area contributed by atoms with E-state index >= 15 is 0 Å². The number of carbonyl (C=O) groups excluding carboxylic acids is 3. The minimum Gasteiger partial charge on any atom is -0.444 e. The second-order valence-corrected chi connectivity index (χ2v) is 9.84. The van der Waals surface area contributed by atoms with Gasteiger partial charge in [-0.3, -0.25) is 9.59 Å². The summed E-state index contributed by atoms with van der Waals surface area (Å²) in [5.74, 6) is -0.272. The summed E-state index contributed by atoms with van der Waals surface area (Å²) in [6.07, 6.45) is -0.404. The van der Waals surface area contributed by atoms with E-state index in [0.29, 0.717) is 30.1 Å². The van der Waals surface area contributed by atoms with Gasteiger partial charge in [-0.15, -0.1) is 11.3 Å². The SMILES string of the molecule is CNC(=O)c1cccc(C2CN(C(=O)OC(C)(C)C)CCN2C(=O)c2ccc(C)s2)c1. The molecule has 0 radical (unpaired) electrons. The molecule has 0 spiro atoms. The van der Waals surface area contributed by atoms with Crippen molar-refractivity contribution >= 4 is 29.2 Å². The first-order chi connectivity index (χ1) is 14.6. The van der Waals surface area contributed by atoms with Crippen LogP contribution in [0.4, 0.5) is 4.79 Å². The van der Waals surface area contributed by atoms with Gasteiger partial charge in [0, 0.05) is 37.1 Å². The van der Waals surface area contributed by atoms with Gasteiger partial charge in [-0.1, -0.05) is 12.1 Å². The molecule has 1 atom stereocenters. The maximum absolute atomic E-state index is 13.3. The number of aryl methyl sites for hydroxylation is 1. The highest BCUT2D eigenvalue weighted by Crippen LogP contribution is 2.30. The molecule has 1 N–H and O–H groups in total. The summed E-state index contributed by atoms with van der Waals surface area (Å²) in [6, 6.07) is 10.6. The van der Waals surface area contributed by atoms with Crippen LogP contribution in [0.25, 0.3) is 0 Å². The van der Waals surface area contributed by atoms with E-state index in [1.165, 1.54) is 11.3 Å². The number of nitrogens with one attached hydrogen (secondary N) is 1. The van der Waals surface area contributed by atoms with E-state index in [9.17, 15) is 14.4 Å². The third-order valence-corrected chi connectivity index (χ3v) is 5.99. The monoisotopic (exact) mass is 443 g/mol. The Morgan fingerprint density at radius 1 is 1.13 bits per heavy atom. The Kier molecular flexibility index (Phi) is 6.69. The second kappa shape index (κ2) is 9.09. The third-order valence-electron chi connectivity index (χ3n) is 5.00. The van der Waals surface area contributed by atoms with Crippen LogP contribution in [0.5, 0.6) is 0 Å². The maximum Gasteiger partial charge on any atom is 0.410 e. The van der Waals surface area contributed by atoms with Crippen LogP contribution < -0.4 is 5.32 Å². The van der Waals surface area contributed by atoms with E-state index < -0.39 is 11.7 Å². The fourth-order valence-corrected chi connectivity index (χ4v) is 4.35. The highest BCUT2D eigenvalue weighted by atomic mass is 32.1. The number of amides is 3. The van der Waals surface area contributed by atoms with Crippen LogP contribution >= 0.6 is 11.3 Å². The van der Waals surface area contributed by atoms with E-state index in [2.05, 4.69) is 5.32 Å². The van der Waals surface area contributed by atoms with Gasteiger partial charge in [-0.2, -0.15) is 0 Å². The van der Waals surface area contributed by atoms with Crippen molar-refractivity contribution in [3.63, 3.8) is 0 Å². The number of ether oxygens (including phenoxy) is 1. The largest absolute Gasteiger partial charge is 0.444 e. The molecule has 1 aromatic carbocycles. The molecule has 0 aliphatic carbocycles. The predicted molar refractivity (Wildman–Crippen MR) is 120 cm³/mol. The van der Waals surface area contributed by atoms with Crippen LogP contribution in [-0.2, 0) is 4.74 Å². The lowest BCUT2D eigenvalue weighted by atomic mass is 9.99. The molecular weight excluding hydrogens is 414 g/mol. The molecule has 1 fully saturated rings. The van der Waals surface area contributed by atoms with Gasteiger partial charge in [0.15, 0.2) is 0 Å². The predicted octanol–water partition coefficient (Wildman–Crippen LogP) is 3.85. The van der Waals surface area contributed by atoms with Crippen LogP contribution in [-0.4, -0.2) is 60.0 Å². The Bertz CT molecular complexity index is 979. The fraction of sp³-hybridized carbons (Fsp3) is 0.435. The Balaban J connectivity index is 1.93. The van der Waals surface area contributed by atoms with Crippen molar-refractivity contribution in [2.45, 2.75) is 39.3 Å². The normalized spacial score (nSPS) is 16.7. The van der Waals surface area contributed by atoms with Crippen molar-refractivity contribution < 1.29 is 19.1 Å². The third kappa shape index (κ3) is 5.44. The van der Waals surface area contributed by atoms with Crippen molar-refractivity contribution in [1.29, 1.82) is 0 Å². The Labute approximate surface area is 187 Å². The minimum absolute atomic E-state index is 0.0720. The van der Waals surface area contributed by atoms with Gasteiger partial charge in [-0.25, -0.2) is 4.79 Å². The summed E-state index contributed by atoms with van der Waals surface area (Å²) >= 11 is 1.45. The number of piperazine rings is 1. The van der Waals surface area contributed by atoms with Crippen molar-refractivity contribution in [1.82, 2.24) is 15.1 Å². The zero-order chi connectivity index (χ0) is 22.8. The van der Waals surface area contributed by atoms with Gasteiger partial charge >= 0.3 is 6.09 Å². The molecule has 1 saturated heterocycles. The molecule has 166 valence electrons. The summed E-state index contributed by atoms with van der Waals surface area (Å²) < 4.78 is 5.55. The molecule has 0 saturated carbocycles. The van der Waals surface area contributed by atoms with E-state index in [4.69, 9.17) is 4.74 Å². The minimum atomic E-state index is -0.604. The average Bonchev–Trinajstić information content (AvgIpc) is 3.17. The standard InChI is InChI=1S/C23H29N3O4S/c1-15-9-10-19(31-15)21(28)26-12-11-25(22(29)30-23(2,3)4)14-18(26)16-7-6-8-17(13-16)20(27)24-5/h6-10,13,18H,11-12,14H2,1-5H3,(H,24,27). The molecule has 8 heteroatoms. The van der Waals surface area contributed by atoms with E-state index in [-0.39, 0.29) is 17.9 Å². The van der Waals surface area contributed by atoms with E-state index in [1.54, 1.807) is 35.0 Å². The van der Waals surface area contributed by atoms with Crippen LogP contribution in [0.15, 0.2) is 36.4 Å². The highest BCUT2D eigenvalue weighted by Gasteiger charge is 2.36. The maximum atomic E-state index is 13.3. The molecule has 1 aromatic heterocycles. The van der Waals surface area contributed by atoms with Gasteiger partial charge in [-0.05, 0) is 57.5 Å². The molecule has 2 aromatic rings. The number of hydrogen-bond acceptors (Lipinski definition) is 5. The number of rotatable bonds is 3. The summed E-state index contributed by atoms with van der Waals surface area (Å²) in [7, 11) is 1.58. The molecule has 0 bridgehead atoms. The lowest BCUT2D eigenvalue weighted by molar-refractivity contribution is 0.00417. The van der Waals surface area contributed by atoms with E-state index in [1.807, 2.05) is 45.9 Å². The zero-order valence-corrected chi connectivity index (χ0v) is 19.4. The van der Waals surface area contributed by atoms with Gasteiger partial charge in [0.25, 0.3) is 11.8 Å². The molecular formula is C23H29N3O4S. The van der Waals surface area contributed by atoms with Gasteiger partial charge in [0.2, 0.25) is 0 Å². The van der Waals surface area contributed by atoms with Crippen molar-refractivity contribution in [2.24, 2.45) is 0 Å². The summed E-state index contributed by atoms with van der Waals surface area (Å²) in [5.41, 5.74) is 0.706. The van der Waals surface area contributed by atoms with Crippen LogP contribution in [0.3, 0.4) is 0 Å². The zero-order valence-electron chi connectivity index (χ0n) is 18.6. The summed E-state index contributed by atoms with van der Waals surface area (Å²) in [4.78, 5) is 43.3. The topological polar surface area (TPSA) is 79.0 Å². The number of carbonyl (C=O) groups is 3. The average molecular weight is 444 g/mol. The first kappa shape index (κ1) is 22.8. The van der Waals surface area contributed by atoms with Crippen molar-refractivity contribution in [2.75, 3.05) is 26.7 Å². The van der Waals surface area contributed by atoms with Crippen molar-refractivity contribution in [3.05, 3.63) is 57.3 Å². The molecule has 31 heavy (non-hydrogen) atoms. The number of benzene rings is 1. The van der Waals surface area contributed by atoms with Gasteiger partial charge < -0.3 is 19.9 Å². The molecule has 1 aliphatic heterocycles. The lowest BCUT2D eigenvalue weighted by Crippen LogP contribution is -2.53. The molecule has 2 heterocycles. The second-order valence-electron chi connectivity index (χ2n) is 8.56. The molecule has 3 amide bonds. The van der Waals surface area contributed by atoms with Crippen molar-refractivity contribution in [3.8, 4) is 0 Å². The van der Waals surface area contributed by atoms with Crippen LogP contribution in [0, 0.1) is 6.92 Å². The molecule has 1 unspecified atom stereocenters. The summed E-state index contributed by atoms with van der Waals surface area (Å²) in [6.45, 7) is 8.51. The first-order valence-electron chi connectivity index (χ1n) is 10.3. The quantitative estimate of drug-likeness (QED) is 0.782. The van der Waals surface area contributed by atoms with Gasteiger partial charge in [0.05, 0.1) is 10.9 Å². The Hall–Kier alpha value is -2.87. The van der Waals surface area contributed by atoms with Crippen LogP contribution in [0.1, 0.15) is 57.3 Å². The first-order valence-corrected chi connectivity index (χ1v) is 11.1. The van der Waals surface area contributed by atoms with E-state index in [0.717, 1.165) is 10.4 Å². The molecule has 3 rings (SSSR count). The molecule has 1 aliphatic rings. The highest BCUT2D eigenvalue weighted by molar-refractivity contribution is 7.13. The van der Waals surface area contributed by atoms with Gasteiger partial charge in [0.1, 0.15) is 5.60 Å². The molecule has 7 nitrogen and oxygen atoms in total. The number of nitrogens with zero attached hydrogens (tertiary/aromatic N) is 2. The van der Waals surface area contributed by atoms with Crippen LogP contribution in [0.2, 0.25) is 0 Å². The fourth-order valence-electron chi connectivity index (χ4n) is 3.53.